The Labute approximate surface area is 168 Å². The zero-order valence-corrected chi connectivity index (χ0v) is 16.2. The van der Waals surface area contributed by atoms with Crippen molar-refractivity contribution in [1.82, 2.24) is 5.32 Å². The van der Waals surface area contributed by atoms with E-state index in [4.69, 9.17) is 0 Å². The first-order chi connectivity index (χ1) is 14.0. The average molecular weight is 397 g/mol. The van der Waals surface area contributed by atoms with Crippen LogP contribution >= 0.6 is 0 Å². The van der Waals surface area contributed by atoms with E-state index < -0.39 is 4.92 Å². The second kappa shape index (κ2) is 7.81. The van der Waals surface area contributed by atoms with Gasteiger partial charge in [0.1, 0.15) is 5.82 Å². The molecule has 1 aliphatic heterocycles. The van der Waals surface area contributed by atoms with Crippen LogP contribution in [0, 0.1) is 15.9 Å². The zero-order valence-electron chi connectivity index (χ0n) is 16.2. The van der Waals surface area contributed by atoms with Crippen molar-refractivity contribution in [3.8, 4) is 0 Å². The highest BCUT2D eigenvalue weighted by molar-refractivity contribution is 6.00. The molecule has 1 saturated heterocycles. The molecular weight excluding hydrogens is 373 g/mol. The molecule has 152 valence electrons. The first-order valence-corrected chi connectivity index (χ1v) is 10.1. The van der Waals surface area contributed by atoms with Crippen LogP contribution in [0.5, 0.6) is 0 Å². The lowest BCUT2D eigenvalue weighted by Gasteiger charge is -2.30. The summed E-state index contributed by atoms with van der Waals surface area (Å²) < 4.78 is 13.2. The highest BCUT2D eigenvalue weighted by Gasteiger charge is 2.44. The molecule has 1 amide bonds. The number of carbonyl (C=O) groups excluding carboxylic acids is 1. The Bertz CT molecular complexity index is 919. The zero-order chi connectivity index (χ0) is 20.4. The number of halogens is 1. The first-order valence-electron chi connectivity index (χ1n) is 10.1. The molecule has 4 rings (SSSR count). The Morgan fingerprint density at radius 1 is 1.10 bits per heavy atom. The standard InChI is InChI=1S/C22H24FN3O3/c23-17-6-4-16(5-7-17)22(10-11-22)15-24-21(27)19-14-18(26(28)29)8-9-20(19)25-12-2-1-3-13-25/h4-9,14H,1-3,10-13,15H2,(H,24,27). The number of nitro groups is 1. The Morgan fingerprint density at radius 2 is 1.79 bits per heavy atom. The van der Waals surface area contributed by atoms with Gasteiger partial charge in [0, 0.05) is 37.2 Å². The van der Waals surface area contributed by atoms with Crippen molar-refractivity contribution in [2.75, 3.05) is 24.5 Å². The van der Waals surface area contributed by atoms with Crippen molar-refractivity contribution in [3.05, 3.63) is 69.5 Å². The number of nitrogens with zero attached hydrogens (tertiary/aromatic N) is 2. The average Bonchev–Trinajstić information content (AvgIpc) is 3.54. The van der Waals surface area contributed by atoms with Gasteiger partial charge < -0.3 is 10.2 Å². The number of hydrogen-bond acceptors (Lipinski definition) is 4. The van der Waals surface area contributed by atoms with Crippen LogP contribution in [-0.2, 0) is 5.41 Å². The maximum atomic E-state index is 13.2. The van der Waals surface area contributed by atoms with E-state index in [0.29, 0.717) is 12.1 Å². The van der Waals surface area contributed by atoms with Gasteiger partial charge in [-0.3, -0.25) is 14.9 Å². The van der Waals surface area contributed by atoms with Gasteiger partial charge in [0.15, 0.2) is 0 Å². The number of hydrogen-bond donors (Lipinski definition) is 1. The fraction of sp³-hybridized carbons (Fsp3) is 0.409. The van der Waals surface area contributed by atoms with Gasteiger partial charge in [0.2, 0.25) is 0 Å². The molecule has 0 atom stereocenters. The van der Waals surface area contributed by atoms with Gasteiger partial charge in [-0.15, -0.1) is 0 Å². The van der Waals surface area contributed by atoms with Crippen molar-refractivity contribution < 1.29 is 14.1 Å². The third kappa shape index (κ3) is 4.09. The minimum absolute atomic E-state index is 0.0874. The fourth-order valence-electron chi connectivity index (χ4n) is 4.10. The summed E-state index contributed by atoms with van der Waals surface area (Å²) in [5.74, 6) is -0.584. The van der Waals surface area contributed by atoms with Crippen LogP contribution in [0.25, 0.3) is 0 Å². The normalized spacial score (nSPS) is 17.6. The highest BCUT2D eigenvalue weighted by Crippen LogP contribution is 2.47. The summed E-state index contributed by atoms with van der Waals surface area (Å²) in [5, 5.41) is 14.2. The molecule has 7 heteroatoms. The molecule has 2 fully saturated rings. The van der Waals surface area contributed by atoms with Crippen molar-refractivity contribution in [3.63, 3.8) is 0 Å². The number of benzene rings is 2. The number of carbonyl (C=O) groups is 1. The summed E-state index contributed by atoms with van der Waals surface area (Å²) in [5.41, 5.74) is 1.84. The van der Waals surface area contributed by atoms with Gasteiger partial charge >= 0.3 is 0 Å². The molecule has 0 radical (unpaired) electrons. The molecule has 0 spiro atoms. The molecule has 2 aromatic carbocycles. The largest absolute Gasteiger partial charge is 0.371 e. The van der Waals surface area contributed by atoms with E-state index in [1.54, 1.807) is 18.2 Å². The van der Waals surface area contributed by atoms with Gasteiger partial charge in [-0.1, -0.05) is 12.1 Å². The minimum Gasteiger partial charge on any atom is -0.371 e. The first kappa shape index (κ1) is 19.4. The van der Waals surface area contributed by atoms with Crippen LogP contribution in [0.2, 0.25) is 0 Å². The predicted molar refractivity (Wildman–Crippen MR) is 109 cm³/mol. The van der Waals surface area contributed by atoms with E-state index in [1.165, 1.54) is 24.3 Å². The van der Waals surface area contributed by atoms with E-state index in [0.717, 1.165) is 56.4 Å². The number of piperidine rings is 1. The topological polar surface area (TPSA) is 75.5 Å². The minimum atomic E-state index is -0.475. The summed E-state index contributed by atoms with van der Waals surface area (Å²) in [6.45, 7) is 2.12. The van der Waals surface area contributed by atoms with E-state index in [2.05, 4.69) is 10.2 Å². The summed E-state index contributed by atoms with van der Waals surface area (Å²) >= 11 is 0. The Hall–Kier alpha value is -2.96. The van der Waals surface area contributed by atoms with Gasteiger partial charge in [0.25, 0.3) is 11.6 Å². The second-order valence-corrected chi connectivity index (χ2v) is 7.98. The monoisotopic (exact) mass is 397 g/mol. The van der Waals surface area contributed by atoms with Crippen molar-refractivity contribution in [2.24, 2.45) is 0 Å². The number of non-ortho nitro benzene ring substituents is 1. The molecule has 0 aromatic heterocycles. The SMILES string of the molecule is O=C(NCC1(c2ccc(F)cc2)CC1)c1cc([N+](=O)[O-])ccc1N1CCCCC1. The molecule has 1 aliphatic carbocycles. The quantitative estimate of drug-likeness (QED) is 0.586. The van der Waals surface area contributed by atoms with E-state index in [1.807, 2.05) is 0 Å². The third-order valence-corrected chi connectivity index (χ3v) is 6.03. The molecule has 0 unspecified atom stereocenters. The van der Waals surface area contributed by atoms with Gasteiger partial charge in [-0.25, -0.2) is 4.39 Å². The lowest BCUT2D eigenvalue weighted by atomic mass is 9.95. The van der Waals surface area contributed by atoms with E-state index >= 15 is 0 Å². The van der Waals surface area contributed by atoms with Gasteiger partial charge in [-0.05, 0) is 55.9 Å². The lowest BCUT2D eigenvalue weighted by Crippen LogP contribution is -2.35. The molecule has 2 aliphatic rings. The molecule has 0 bridgehead atoms. The second-order valence-electron chi connectivity index (χ2n) is 7.98. The van der Waals surface area contributed by atoms with Crippen molar-refractivity contribution in [1.29, 1.82) is 0 Å². The van der Waals surface area contributed by atoms with Crippen molar-refractivity contribution >= 4 is 17.3 Å². The predicted octanol–water partition coefficient (Wildman–Crippen LogP) is 4.19. The van der Waals surface area contributed by atoms with Crippen LogP contribution < -0.4 is 10.2 Å². The van der Waals surface area contributed by atoms with Crippen molar-refractivity contribution in [2.45, 2.75) is 37.5 Å². The van der Waals surface area contributed by atoms with E-state index in [-0.39, 0.29) is 22.8 Å². The third-order valence-electron chi connectivity index (χ3n) is 6.03. The van der Waals surface area contributed by atoms with Gasteiger partial charge in [0.05, 0.1) is 16.2 Å². The maximum absolute atomic E-state index is 13.2. The Morgan fingerprint density at radius 3 is 2.41 bits per heavy atom. The number of nitrogens with one attached hydrogen (secondary N) is 1. The maximum Gasteiger partial charge on any atom is 0.270 e. The number of anilines is 1. The number of amides is 1. The van der Waals surface area contributed by atoms with Crippen LogP contribution in [0.3, 0.4) is 0 Å². The lowest BCUT2D eigenvalue weighted by molar-refractivity contribution is -0.384. The summed E-state index contributed by atoms with van der Waals surface area (Å²) in [6, 6.07) is 10.9. The van der Waals surface area contributed by atoms with Crippen LogP contribution in [0.1, 0.15) is 48.0 Å². The van der Waals surface area contributed by atoms with Crippen LogP contribution in [0.4, 0.5) is 15.8 Å². The van der Waals surface area contributed by atoms with Gasteiger partial charge in [-0.2, -0.15) is 0 Å². The molecule has 1 N–H and O–H groups in total. The molecule has 2 aromatic rings. The molecule has 6 nitrogen and oxygen atoms in total. The highest BCUT2D eigenvalue weighted by atomic mass is 19.1. The molecule has 1 heterocycles. The number of rotatable bonds is 6. The molecule has 1 saturated carbocycles. The number of nitro benzene ring substituents is 1. The smallest absolute Gasteiger partial charge is 0.270 e. The van der Waals surface area contributed by atoms with Crippen LogP contribution in [0.15, 0.2) is 42.5 Å². The molecular formula is C22H24FN3O3. The van der Waals surface area contributed by atoms with Crippen LogP contribution in [-0.4, -0.2) is 30.5 Å². The summed E-state index contributed by atoms with van der Waals surface area (Å²) in [6.07, 6.45) is 5.10. The Kier molecular flexibility index (Phi) is 5.22. The van der Waals surface area contributed by atoms with E-state index in [9.17, 15) is 19.3 Å². The summed E-state index contributed by atoms with van der Waals surface area (Å²) in [4.78, 5) is 25.9. The fourth-order valence-corrected chi connectivity index (χ4v) is 4.10. The molecule has 29 heavy (non-hydrogen) atoms. The Balaban J connectivity index is 1.54. The summed E-state index contributed by atoms with van der Waals surface area (Å²) in [7, 11) is 0.